The van der Waals surface area contributed by atoms with E-state index in [1.165, 1.54) is 0 Å². The molecule has 21 heavy (non-hydrogen) atoms. The lowest BCUT2D eigenvalue weighted by Gasteiger charge is -2.35. The van der Waals surface area contributed by atoms with E-state index in [1.807, 2.05) is 50.4 Å². The minimum atomic E-state index is -0.562. The summed E-state index contributed by atoms with van der Waals surface area (Å²) in [5.41, 5.74) is 1.95. The van der Waals surface area contributed by atoms with Gasteiger partial charge < -0.3 is 9.84 Å². The number of hydrogen-bond donors (Lipinski definition) is 1. The van der Waals surface area contributed by atoms with E-state index in [2.05, 4.69) is 4.90 Å². The maximum absolute atomic E-state index is 12.1. The second-order valence-corrected chi connectivity index (χ2v) is 5.75. The van der Waals surface area contributed by atoms with Gasteiger partial charge in [-0.05, 0) is 31.5 Å². The highest BCUT2D eigenvalue weighted by Gasteiger charge is 2.49. The molecule has 0 amide bonds. The van der Waals surface area contributed by atoms with Crippen LogP contribution < -0.4 is 0 Å². The number of benzene rings is 1. The van der Waals surface area contributed by atoms with Gasteiger partial charge in [-0.2, -0.15) is 0 Å². The molecule has 1 saturated heterocycles. The molecular formula is C17H21NO3. The van der Waals surface area contributed by atoms with E-state index < -0.39 is 6.10 Å². The molecule has 4 heteroatoms. The lowest BCUT2D eigenvalue weighted by Crippen LogP contribution is -2.44. The lowest BCUT2D eigenvalue weighted by atomic mass is 9.92. The Bertz CT molecular complexity index is 554. The molecule has 1 aromatic rings. The van der Waals surface area contributed by atoms with Crippen LogP contribution in [0.3, 0.4) is 0 Å². The molecule has 2 aliphatic rings. The molecule has 3 rings (SSSR count). The van der Waals surface area contributed by atoms with Crippen LogP contribution in [0.2, 0.25) is 0 Å². The van der Waals surface area contributed by atoms with E-state index in [0.29, 0.717) is 13.0 Å². The number of rotatable bonds is 3. The van der Waals surface area contributed by atoms with Gasteiger partial charge in [0.05, 0.1) is 18.6 Å². The number of fused-ring (bicyclic) bond motifs is 2. The average molecular weight is 287 g/mol. The van der Waals surface area contributed by atoms with Gasteiger partial charge in [0.15, 0.2) is 0 Å². The number of likely N-dealkylation sites (N-methyl/N-ethyl adjacent to an activating group) is 1. The second kappa shape index (κ2) is 5.62. The number of aliphatic hydroxyl groups excluding tert-OH is 1. The molecule has 0 radical (unpaired) electrons. The third kappa shape index (κ3) is 2.39. The predicted octanol–water partition coefficient (Wildman–Crippen LogP) is 1.70. The summed E-state index contributed by atoms with van der Waals surface area (Å²) in [7, 11) is 1.97. The summed E-state index contributed by atoms with van der Waals surface area (Å²) < 4.78 is 5.18. The Morgan fingerprint density at radius 1 is 1.38 bits per heavy atom. The number of ether oxygens (including phenoxy) is 1. The summed E-state index contributed by atoms with van der Waals surface area (Å²) in [4.78, 5) is 14.2. The van der Waals surface area contributed by atoms with Crippen molar-refractivity contribution in [1.29, 1.82) is 0 Å². The standard InChI is InChI=1S/C17H21NO3/c1-3-21-17(20)13-10-15-16(19)12(9-14(13)18(15)2)11-7-5-4-6-8-11/h4-9,13-16,19H,3,10H2,1-2H3/t13-,14-,15-,16-/m1/s1. The van der Waals surface area contributed by atoms with Crippen LogP contribution >= 0.6 is 0 Å². The molecular weight excluding hydrogens is 266 g/mol. The highest BCUT2D eigenvalue weighted by Crippen LogP contribution is 2.41. The first-order chi connectivity index (χ1) is 10.1. The van der Waals surface area contributed by atoms with Gasteiger partial charge in [0.2, 0.25) is 0 Å². The molecule has 1 fully saturated rings. The van der Waals surface area contributed by atoms with Gasteiger partial charge in [-0.3, -0.25) is 9.69 Å². The van der Waals surface area contributed by atoms with E-state index >= 15 is 0 Å². The molecule has 112 valence electrons. The fraction of sp³-hybridized carbons (Fsp3) is 0.471. The Hall–Kier alpha value is -1.65. The Morgan fingerprint density at radius 3 is 2.76 bits per heavy atom. The molecule has 0 spiro atoms. The summed E-state index contributed by atoms with van der Waals surface area (Å²) in [6.07, 6.45) is 2.12. The Balaban J connectivity index is 1.93. The first-order valence-electron chi connectivity index (χ1n) is 7.47. The Morgan fingerprint density at radius 2 is 2.10 bits per heavy atom. The lowest BCUT2D eigenvalue weighted by molar-refractivity contribution is -0.148. The summed E-state index contributed by atoms with van der Waals surface area (Å²) in [6.45, 7) is 2.22. The van der Waals surface area contributed by atoms with E-state index in [4.69, 9.17) is 4.74 Å². The molecule has 0 unspecified atom stereocenters. The number of hydrogen-bond acceptors (Lipinski definition) is 4. The molecule has 0 aliphatic carbocycles. The molecule has 1 N–H and O–H groups in total. The average Bonchev–Trinajstić information content (AvgIpc) is 2.72. The molecule has 4 nitrogen and oxygen atoms in total. The third-order valence-corrected chi connectivity index (χ3v) is 4.63. The van der Waals surface area contributed by atoms with Crippen molar-refractivity contribution >= 4 is 11.5 Å². The minimum Gasteiger partial charge on any atom is -0.466 e. The Labute approximate surface area is 125 Å². The van der Waals surface area contributed by atoms with E-state index in [0.717, 1.165) is 11.1 Å². The van der Waals surface area contributed by atoms with Gasteiger partial charge in [-0.1, -0.05) is 36.4 Å². The fourth-order valence-electron chi connectivity index (χ4n) is 3.53. The number of nitrogens with zero attached hydrogens (tertiary/aromatic N) is 1. The van der Waals surface area contributed by atoms with E-state index in [1.54, 1.807) is 0 Å². The van der Waals surface area contributed by atoms with Crippen LogP contribution in [-0.4, -0.2) is 47.8 Å². The SMILES string of the molecule is CCOC(=O)[C@@H]1C[C@@H]2[C@H](O)C(c3ccccc3)=C[C@H]1N2C. The van der Waals surface area contributed by atoms with Gasteiger partial charge in [0, 0.05) is 12.1 Å². The molecule has 2 heterocycles. The van der Waals surface area contributed by atoms with Gasteiger partial charge in [0.1, 0.15) is 0 Å². The predicted molar refractivity (Wildman–Crippen MR) is 80.5 cm³/mol. The highest BCUT2D eigenvalue weighted by atomic mass is 16.5. The smallest absolute Gasteiger partial charge is 0.310 e. The quantitative estimate of drug-likeness (QED) is 0.860. The minimum absolute atomic E-state index is 0.00709. The molecule has 4 atom stereocenters. The first kappa shape index (κ1) is 14.3. The zero-order valence-corrected chi connectivity index (χ0v) is 12.4. The zero-order valence-electron chi connectivity index (χ0n) is 12.4. The van der Waals surface area contributed by atoms with Crippen LogP contribution in [0.25, 0.3) is 5.57 Å². The van der Waals surface area contributed by atoms with Crippen molar-refractivity contribution in [3.8, 4) is 0 Å². The van der Waals surface area contributed by atoms with E-state index in [9.17, 15) is 9.90 Å². The highest BCUT2D eigenvalue weighted by molar-refractivity contribution is 5.78. The first-order valence-corrected chi connectivity index (χ1v) is 7.47. The molecule has 0 saturated carbocycles. The van der Waals surface area contributed by atoms with Crippen LogP contribution in [0.5, 0.6) is 0 Å². The van der Waals surface area contributed by atoms with Gasteiger partial charge in [-0.15, -0.1) is 0 Å². The molecule has 1 aromatic carbocycles. The van der Waals surface area contributed by atoms with Crippen molar-refractivity contribution in [2.75, 3.05) is 13.7 Å². The van der Waals surface area contributed by atoms with Crippen molar-refractivity contribution < 1.29 is 14.6 Å². The second-order valence-electron chi connectivity index (χ2n) is 5.75. The summed E-state index contributed by atoms with van der Waals surface area (Å²) in [5.74, 6) is -0.342. The summed E-state index contributed by atoms with van der Waals surface area (Å²) >= 11 is 0. The van der Waals surface area contributed by atoms with Crippen molar-refractivity contribution in [1.82, 2.24) is 4.90 Å². The van der Waals surface area contributed by atoms with Crippen LogP contribution in [0.4, 0.5) is 0 Å². The number of esters is 1. The van der Waals surface area contributed by atoms with Crippen molar-refractivity contribution in [2.45, 2.75) is 31.5 Å². The maximum Gasteiger partial charge on any atom is 0.310 e. The summed E-state index contributed by atoms with van der Waals surface area (Å²) in [6, 6.07) is 9.87. The molecule has 2 bridgehead atoms. The number of carbonyl (C=O) groups excluding carboxylic acids is 1. The van der Waals surface area contributed by atoms with Gasteiger partial charge >= 0.3 is 5.97 Å². The molecule has 0 aromatic heterocycles. The number of carbonyl (C=O) groups is 1. The summed E-state index contributed by atoms with van der Waals surface area (Å²) in [5, 5.41) is 10.6. The van der Waals surface area contributed by atoms with Crippen LogP contribution in [-0.2, 0) is 9.53 Å². The third-order valence-electron chi connectivity index (χ3n) is 4.63. The maximum atomic E-state index is 12.1. The van der Waals surface area contributed by atoms with Gasteiger partial charge in [-0.25, -0.2) is 0 Å². The molecule has 2 aliphatic heterocycles. The normalized spacial score (nSPS) is 31.9. The van der Waals surface area contributed by atoms with Gasteiger partial charge in [0.25, 0.3) is 0 Å². The van der Waals surface area contributed by atoms with Crippen LogP contribution in [0.1, 0.15) is 18.9 Å². The van der Waals surface area contributed by atoms with Crippen LogP contribution in [0, 0.1) is 5.92 Å². The van der Waals surface area contributed by atoms with E-state index in [-0.39, 0.29) is 24.0 Å². The monoisotopic (exact) mass is 287 g/mol. The fourth-order valence-corrected chi connectivity index (χ4v) is 3.53. The number of aliphatic hydroxyl groups is 1. The Kier molecular flexibility index (Phi) is 3.83. The largest absolute Gasteiger partial charge is 0.466 e. The van der Waals surface area contributed by atoms with Crippen LogP contribution in [0.15, 0.2) is 36.4 Å². The zero-order chi connectivity index (χ0) is 15.0. The van der Waals surface area contributed by atoms with Crippen molar-refractivity contribution in [2.24, 2.45) is 5.92 Å². The topological polar surface area (TPSA) is 49.8 Å². The van der Waals surface area contributed by atoms with Crippen molar-refractivity contribution in [3.05, 3.63) is 42.0 Å². The van der Waals surface area contributed by atoms with Crippen molar-refractivity contribution in [3.63, 3.8) is 0 Å².